The van der Waals surface area contributed by atoms with Crippen LogP contribution in [0.5, 0.6) is 23.0 Å². The molecule has 186 valence electrons. The predicted octanol–water partition coefficient (Wildman–Crippen LogP) is 3.87. The quantitative estimate of drug-likeness (QED) is 0.362. The van der Waals surface area contributed by atoms with Gasteiger partial charge in [0.15, 0.2) is 11.5 Å². The van der Waals surface area contributed by atoms with Crippen molar-refractivity contribution in [1.82, 2.24) is 9.99 Å². The lowest BCUT2D eigenvalue weighted by molar-refractivity contribution is -0.135. The highest BCUT2D eigenvalue weighted by Crippen LogP contribution is 2.38. The molecule has 1 aliphatic rings. The van der Waals surface area contributed by atoms with Crippen LogP contribution >= 0.6 is 0 Å². The fourth-order valence-electron chi connectivity index (χ4n) is 3.56. The monoisotopic (exact) mass is 491 g/mol. The molecule has 0 N–H and O–H groups in total. The van der Waals surface area contributed by atoms with Gasteiger partial charge >= 0.3 is 5.97 Å². The number of hydrogen-bond donors (Lipinski definition) is 0. The predicted molar refractivity (Wildman–Crippen MR) is 129 cm³/mol. The van der Waals surface area contributed by atoms with Crippen LogP contribution in [0.15, 0.2) is 59.8 Å². The molecule has 0 saturated carbocycles. The zero-order chi connectivity index (χ0) is 25.8. The number of aryl methyl sites for hydroxylation is 1. The lowest BCUT2D eigenvalue weighted by Crippen LogP contribution is -2.25. The molecule has 0 aliphatic carbocycles. The average molecular weight is 492 g/mol. The van der Waals surface area contributed by atoms with Crippen molar-refractivity contribution in [3.63, 3.8) is 0 Å². The first kappa shape index (κ1) is 24.5. The second-order valence-electron chi connectivity index (χ2n) is 7.80. The van der Waals surface area contributed by atoms with Gasteiger partial charge < -0.3 is 23.7 Å². The number of carbonyl (C=O) groups excluding carboxylic acids is 2. The molecule has 1 aromatic heterocycles. The van der Waals surface area contributed by atoms with E-state index in [2.05, 4.69) is 10.1 Å². The van der Waals surface area contributed by atoms with Crippen molar-refractivity contribution in [2.45, 2.75) is 20.1 Å². The Labute approximate surface area is 208 Å². The molecule has 10 heteroatoms. The van der Waals surface area contributed by atoms with Gasteiger partial charge in [0.05, 0.1) is 32.5 Å². The number of hydrazone groups is 1. The Kier molecular flexibility index (Phi) is 7.05. The zero-order valence-electron chi connectivity index (χ0n) is 20.5. The van der Waals surface area contributed by atoms with Gasteiger partial charge in [-0.3, -0.25) is 9.78 Å². The number of benzene rings is 2. The van der Waals surface area contributed by atoms with Crippen LogP contribution < -0.4 is 18.9 Å². The molecule has 2 heterocycles. The number of nitrogens with zero attached hydrogens (tertiary/aromatic N) is 3. The van der Waals surface area contributed by atoms with Crippen LogP contribution in [-0.4, -0.2) is 49.1 Å². The molecule has 0 spiro atoms. The molecule has 1 aliphatic heterocycles. The van der Waals surface area contributed by atoms with E-state index in [1.165, 1.54) is 45.4 Å². The highest BCUT2D eigenvalue weighted by Gasteiger charge is 2.33. The lowest BCUT2D eigenvalue weighted by atomic mass is 10.1. The van der Waals surface area contributed by atoms with Gasteiger partial charge in [-0.15, -0.1) is 5.10 Å². The molecule has 10 nitrogen and oxygen atoms in total. The van der Waals surface area contributed by atoms with Crippen molar-refractivity contribution < 1.29 is 33.3 Å². The maximum atomic E-state index is 12.8. The Hall–Kier alpha value is -4.60. The topological polar surface area (TPSA) is 109 Å². The van der Waals surface area contributed by atoms with E-state index in [9.17, 15) is 9.59 Å². The third-order valence-electron chi connectivity index (χ3n) is 5.40. The van der Waals surface area contributed by atoms with Crippen LogP contribution in [0.25, 0.3) is 0 Å². The summed E-state index contributed by atoms with van der Waals surface area (Å²) in [5, 5.41) is 5.58. The maximum Gasteiger partial charge on any atom is 0.343 e. The van der Waals surface area contributed by atoms with Crippen molar-refractivity contribution in [3.8, 4) is 23.0 Å². The molecular formula is C26H25N3O7. The van der Waals surface area contributed by atoms with Gasteiger partial charge in [-0.2, -0.15) is 5.01 Å². The minimum absolute atomic E-state index is 0.222. The van der Waals surface area contributed by atoms with Crippen molar-refractivity contribution in [3.05, 3.63) is 77.1 Å². The average Bonchev–Trinajstić information content (AvgIpc) is 3.34. The fourth-order valence-corrected chi connectivity index (χ4v) is 3.56. The summed E-state index contributed by atoms with van der Waals surface area (Å²) in [5.74, 6) is 0.739. The molecule has 0 unspecified atom stereocenters. The van der Waals surface area contributed by atoms with E-state index < -0.39 is 12.2 Å². The van der Waals surface area contributed by atoms with E-state index in [1.807, 2.05) is 19.1 Å². The Morgan fingerprint density at radius 2 is 1.61 bits per heavy atom. The molecule has 4 rings (SSSR count). The Morgan fingerprint density at radius 3 is 2.14 bits per heavy atom. The zero-order valence-corrected chi connectivity index (χ0v) is 20.5. The normalized spacial score (nSPS) is 14.5. The SMILES string of the molecule is COc1cc(C(=O)Oc2ccc([C@H]3OC(c4ccc(C)nc4)=NN3C(C)=O)cc2)cc(OC)c1OC. The van der Waals surface area contributed by atoms with Gasteiger partial charge in [-0.25, -0.2) is 4.79 Å². The standard InChI is InChI=1S/C26H25N3O7/c1-15-6-7-18(14-27-15)24-28-29(16(2)30)25(36-24)17-8-10-20(11-9-17)35-26(31)19-12-21(32-3)23(34-5)22(13-19)33-4/h6-14,25H,1-5H3/t25-/m1/s1. The molecule has 2 aromatic carbocycles. The fraction of sp³-hybridized carbons (Fsp3) is 0.231. The second-order valence-corrected chi connectivity index (χ2v) is 7.80. The van der Waals surface area contributed by atoms with E-state index >= 15 is 0 Å². The molecule has 1 amide bonds. The first-order chi connectivity index (χ1) is 17.3. The number of rotatable bonds is 7. The molecule has 0 saturated heterocycles. The van der Waals surface area contributed by atoms with Crippen molar-refractivity contribution in [2.24, 2.45) is 5.10 Å². The van der Waals surface area contributed by atoms with Crippen LogP contribution in [0, 0.1) is 6.92 Å². The van der Waals surface area contributed by atoms with Crippen molar-refractivity contribution >= 4 is 17.8 Å². The van der Waals surface area contributed by atoms with E-state index in [4.69, 9.17) is 23.7 Å². The molecule has 3 aromatic rings. The van der Waals surface area contributed by atoms with E-state index in [1.54, 1.807) is 30.5 Å². The minimum Gasteiger partial charge on any atom is -0.493 e. The van der Waals surface area contributed by atoms with E-state index in [0.29, 0.717) is 40.0 Å². The first-order valence-electron chi connectivity index (χ1n) is 10.9. The first-order valence-corrected chi connectivity index (χ1v) is 10.9. The Morgan fingerprint density at radius 1 is 0.944 bits per heavy atom. The molecule has 0 bridgehead atoms. The summed E-state index contributed by atoms with van der Waals surface area (Å²) in [6, 6.07) is 13.3. The molecule has 36 heavy (non-hydrogen) atoms. The summed E-state index contributed by atoms with van der Waals surface area (Å²) in [6.07, 6.45) is 0.874. The lowest BCUT2D eigenvalue weighted by Gasteiger charge is -2.19. The minimum atomic E-state index is -0.765. The maximum absolute atomic E-state index is 12.8. The highest BCUT2D eigenvalue weighted by molar-refractivity contribution is 5.96. The Bertz CT molecular complexity index is 1280. The molecule has 0 radical (unpaired) electrons. The number of aromatic nitrogens is 1. The Balaban J connectivity index is 1.51. The largest absolute Gasteiger partial charge is 0.493 e. The van der Waals surface area contributed by atoms with Crippen LogP contribution in [0.3, 0.4) is 0 Å². The summed E-state index contributed by atoms with van der Waals surface area (Å²) < 4.78 is 27.4. The van der Waals surface area contributed by atoms with Crippen LogP contribution in [0.2, 0.25) is 0 Å². The van der Waals surface area contributed by atoms with Crippen molar-refractivity contribution in [2.75, 3.05) is 21.3 Å². The van der Waals surface area contributed by atoms with Crippen molar-refractivity contribution in [1.29, 1.82) is 0 Å². The van der Waals surface area contributed by atoms with Gasteiger partial charge in [-0.05, 0) is 55.5 Å². The number of amides is 1. The summed E-state index contributed by atoms with van der Waals surface area (Å²) in [5.41, 5.74) is 2.39. The second kappa shape index (κ2) is 10.3. The summed E-state index contributed by atoms with van der Waals surface area (Å²) >= 11 is 0. The number of esters is 1. The van der Waals surface area contributed by atoms with Crippen LogP contribution in [-0.2, 0) is 9.53 Å². The van der Waals surface area contributed by atoms with Crippen LogP contribution in [0.4, 0.5) is 0 Å². The van der Waals surface area contributed by atoms with E-state index in [0.717, 1.165) is 5.69 Å². The van der Waals surface area contributed by atoms with Gasteiger partial charge in [0, 0.05) is 24.4 Å². The van der Waals surface area contributed by atoms with Gasteiger partial charge in [0.2, 0.25) is 23.8 Å². The van der Waals surface area contributed by atoms with Gasteiger partial charge in [0.25, 0.3) is 0 Å². The summed E-state index contributed by atoms with van der Waals surface area (Å²) in [4.78, 5) is 29.2. The molecule has 0 fully saturated rings. The number of hydrogen-bond acceptors (Lipinski definition) is 9. The molecular weight excluding hydrogens is 466 g/mol. The highest BCUT2D eigenvalue weighted by atomic mass is 16.5. The van der Waals surface area contributed by atoms with E-state index in [-0.39, 0.29) is 11.5 Å². The summed E-state index contributed by atoms with van der Waals surface area (Å²) in [7, 11) is 4.41. The number of methoxy groups -OCH3 is 3. The number of pyridine rings is 1. The van der Waals surface area contributed by atoms with Gasteiger partial charge in [-0.1, -0.05) is 0 Å². The van der Waals surface area contributed by atoms with Crippen LogP contribution in [0.1, 0.15) is 40.3 Å². The number of carbonyl (C=O) groups is 2. The third kappa shape index (κ3) is 4.92. The number of ether oxygens (including phenoxy) is 5. The van der Waals surface area contributed by atoms with Gasteiger partial charge in [0.1, 0.15) is 5.75 Å². The smallest absolute Gasteiger partial charge is 0.343 e. The molecule has 1 atom stereocenters. The summed E-state index contributed by atoms with van der Waals surface area (Å²) in [6.45, 7) is 3.28. The third-order valence-corrected chi connectivity index (χ3v) is 5.40.